The molecule has 10 nitrogen and oxygen atoms in total. The monoisotopic (exact) mass is 546 g/mol. The van der Waals surface area contributed by atoms with E-state index in [0.717, 1.165) is 36.8 Å². The number of amides is 4. The Morgan fingerprint density at radius 2 is 1.79 bits per heavy atom. The van der Waals surface area contributed by atoms with Gasteiger partial charge < -0.3 is 20.9 Å². The summed E-state index contributed by atoms with van der Waals surface area (Å²) < 4.78 is 44.0. The van der Waals surface area contributed by atoms with Crippen molar-refractivity contribution in [3.05, 3.63) is 40.7 Å². The minimum absolute atomic E-state index is 0.0168. The second-order valence-electron chi connectivity index (χ2n) is 11.1. The van der Waals surface area contributed by atoms with Crippen LogP contribution >= 0.6 is 0 Å². The van der Waals surface area contributed by atoms with Gasteiger partial charge in [-0.15, -0.1) is 0 Å². The fourth-order valence-corrected chi connectivity index (χ4v) is 6.05. The van der Waals surface area contributed by atoms with Gasteiger partial charge in [0.05, 0.1) is 6.54 Å². The van der Waals surface area contributed by atoms with Crippen molar-refractivity contribution in [3.63, 3.8) is 0 Å². The normalized spacial score (nSPS) is 23.5. The number of aromatic nitrogens is 2. The van der Waals surface area contributed by atoms with E-state index >= 15 is 0 Å². The molecule has 39 heavy (non-hydrogen) atoms. The maximum absolute atomic E-state index is 13.6. The minimum atomic E-state index is -4.50. The van der Waals surface area contributed by atoms with Crippen LogP contribution in [0.4, 0.5) is 23.7 Å². The summed E-state index contributed by atoms with van der Waals surface area (Å²) in [6.07, 6.45) is 0.408. The van der Waals surface area contributed by atoms with Crippen LogP contribution in [0.1, 0.15) is 53.0 Å². The molecule has 4 amide bonds. The Hall–Kier alpha value is -3.64. The van der Waals surface area contributed by atoms with Crippen molar-refractivity contribution in [3.8, 4) is 0 Å². The molecular weight excluding hydrogens is 517 g/mol. The number of benzene rings is 1. The summed E-state index contributed by atoms with van der Waals surface area (Å²) in [4.78, 5) is 40.0. The first-order valence-electron chi connectivity index (χ1n) is 13.2. The molecule has 0 bridgehead atoms. The molecule has 1 aromatic carbocycles. The molecule has 3 N–H and O–H groups in total. The van der Waals surface area contributed by atoms with Crippen molar-refractivity contribution in [2.75, 3.05) is 11.9 Å². The molecule has 4 aliphatic rings. The lowest BCUT2D eigenvalue weighted by Crippen LogP contribution is -2.50. The number of urea groups is 1. The highest BCUT2D eigenvalue weighted by Gasteiger charge is 2.50. The molecule has 208 valence electrons. The molecule has 2 heterocycles. The summed E-state index contributed by atoms with van der Waals surface area (Å²) in [7, 11) is 0. The Labute approximate surface area is 222 Å². The number of carbonyl (C=O) groups excluding carboxylic acids is 3. The topological polar surface area (TPSA) is 129 Å². The number of fused-ring (bicyclic) bond motifs is 1. The van der Waals surface area contributed by atoms with Crippen LogP contribution in [0.5, 0.6) is 0 Å². The van der Waals surface area contributed by atoms with Crippen LogP contribution in [-0.4, -0.2) is 63.9 Å². The first kappa shape index (κ1) is 25.6. The Morgan fingerprint density at radius 1 is 1.10 bits per heavy atom. The second-order valence-corrected chi connectivity index (χ2v) is 11.1. The molecule has 1 aliphatic heterocycles. The summed E-state index contributed by atoms with van der Waals surface area (Å²) >= 11 is 0. The van der Waals surface area contributed by atoms with Gasteiger partial charge in [0.25, 0.3) is 5.91 Å². The van der Waals surface area contributed by atoms with Crippen molar-refractivity contribution < 1.29 is 32.2 Å². The molecule has 0 spiro atoms. The number of rotatable bonds is 8. The number of carbonyl (C=O) groups is 3. The molecule has 2 saturated carbocycles. The van der Waals surface area contributed by atoms with Crippen molar-refractivity contribution in [1.82, 2.24) is 25.8 Å². The SMILES string of the molecule is Cc1nonc1C(=O)N[C@H](C(=O)Nc1ccc2c(c1)CC(N1C[C@@H](C(F)(F)F)NC1=O)C2)C(C1CC1)C1CC1. The fourth-order valence-electron chi connectivity index (χ4n) is 6.05. The molecule has 13 heteroatoms. The average Bonchev–Trinajstić information content (AvgIpc) is 3.77. The van der Waals surface area contributed by atoms with Gasteiger partial charge in [-0.25, -0.2) is 9.42 Å². The van der Waals surface area contributed by atoms with E-state index in [1.807, 2.05) is 11.4 Å². The maximum atomic E-state index is 13.6. The van der Waals surface area contributed by atoms with Gasteiger partial charge in [0.2, 0.25) is 5.91 Å². The number of aryl methyl sites for hydroxylation is 1. The van der Waals surface area contributed by atoms with E-state index in [4.69, 9.17) is 0 Å². The molecule has 1 unspecified atom stereocenters. The first-order chi connectivity index (χ1) is 18.6. The third-order valence-corrected chi connectivity index (χ3v) is 8.31. The predicted octanol–water partition coefficient (Wildman–Crippen LogP) is 2.97. The Bertz CT molecular complexity index is 1290. The second kappa shape index (κ2) is 9.53. The lowest BCUT2D eigenvalue weighted by atomic mass is 9.88. The average molecular weight is 547 g/mol. The molecule has 2 aromatic rings. The highest BCUT2D eigenvalue weighted by molar-refractivity contribution is 6.01. The molecule has 1 aromatic heterocycles. The highest BCUT2D eigenvalue weighted by Crippen LogP contribution is 2.51. The number of hydrogen-bond acceptors (Lipinski definition) is 6. The van der Waals surface area contributed by atoms with Gasteiger partial charge in [0.1, 0.15) is 17.8 Å². The zero-order valence-electron chi connectivity index (χ0n) is 21.3. The quantitative estimate of drug-likeness (QED) is 0.467. The van der Waals surface area contributed by atoms with Crippen molar-refractivity contribution >= 4 is 23.5 Å². The van der Waals surface area contributed by atoms with Gasteiger partial charge in [0.15, 0.2) is 5.69 Å². The van der Waals surface area contributed by atoms with Crippen LogP contribution in [0.2, 0.25) is 0 Å². The van der Waals surface area contributed by atoms with Crippen molar-refractivity contribution in [1.29, 1.82) is 0 Å². The Balaban J connectivity index is 1.16. The van der Waals surface area contributed by atoms with Crippen LogP contribution in [-0.2, 0) is 17.6 Å². The van der Waals surface area contributed by atoms with E-state index < -0.39 is 42.8 Å². The summed E-state index contributed by atoms with van der Waals surface area (Å²) in [5.41, 5.74) is 2.70. The summed E-state index contributed by atoms with van der Waals surface area (Å²) in [6.45, 7) is 1.18. The van der Waals surface area contributed by atoms with Gasteiger partial charge in [-0.3, -0.25) is 9.59 Å². The lowest BCUT2D eigenvalue weighted by molar-refractivity contribution is -0.150. The van der Waals surface area contributed by atoms with E-state index in [-0.39, 0.29) is 17.5 Å². The number of halogens is 3. The maximum Gasteiger partial charge on any atom is 0.410 e. The third kappa shape index (κ3) is 5.18. The van der Waals surface area contributed by atoms with Crippen LogP contribution < -0.4 is 16.0 Å². The number of anilines is 1. The van der Waals surface area contributed by atoms with Gasteiger partial charge in [-0.1, -0.05) is 11.2 Å². The summed E-state index contributed by atoms with van der Waals surface area (Å²) in [5, 5.41) is 15.2. The third-order valence-electron chi connectivity index (χ3n) is 8.31. The molecule has 3 atom stereocenters. The summed E-state index contributed by atoms with van der Waals surface area (Å²) in [6, 6.07) is 1.63. The van der Waals surface area contributed by atoms with E-state index in [9.17, 15) is 27.6 Å². The molecule has 0 radical (unpaired) electrons. The first-order valence-corrected chi connectivity index (χ1v) is 13.2. The molecule has 1 saturated heterocycles. The fraction of sp³-hybridized carbons (Fsp3) is 0.577. The van der Waals surface area contributed by atoms with Gasteiger partial charge >= 0.3 is 12.2 Å². The predicted molar refractivity (Wildman–Crippen MR) is 131 cm³/mol. The number of nitrogens with zero attached hydrogens (tertiary/aromatic N) is 3. The van der Waals surface area contributed by atoms with Gasteiger partial charge in [0, 0.05) is 11.7 Å². The minimum Gasteiger partial charge on any atom is -0.338 e. The molecule has 3 fully saturated rings. The Morgan fingerprint density at radius 3 is 2.38 bits per heavy atom. The molecular formula is C26H29F3N6O4. The largest absolute Gasteiger partial charge is 0.410 e. The summed E-state index contributed by atoms with van der Waals surface area (Å²) in [5.74, 6) is -0.0834. The van der Waals surface area contributed by atoms with Crippen molar-refractivity contribution in [2.24, 2.45) is 17.8 Å². The zero-order valence-corrected chi connectivity index (χ0v) is 21.3. The lowest BCUT2D eigenvalue weighted by Gasteiger charge is -2.27. The van der Waals surface area contributed by atoms with E-state index in [1.165, 1.54) is 4.90 Å². The number of hydrogen-bond donors (Lipinski definition) is 3. The number of alkyl halides is 3. The molecule has 3 aliphatic carbocycles. The zero-order chi connectivity index (χ0) is 27.5. The van der Waals surface area contributed by atoms with E-state index in [1.54, 1.807) is 19.1 Å². The van der Waals surface area contributed by atoms with Crippen LogP contribution in [0.15, 0.2) is 22.8 Å². The number of nitrogens with one attached hydrogen (secondary N) is 3. The van der Waals surface area contributed by atoms with E-state index in [0.29, 0.717) is 36.1 Å². The van der Waals surface area contributed by atoms with Gasteiger partial charge in [-0.2, -0.15) is 13.2 Å². The Kier molecular flexibility index (Phi) is 6.26. The standard InChI is InChI=1S/C26H29F3N6O4/c1-12-21(34-39-33-12)23(36)32-22(20(13-2-3-13)14-4-5-14)24(37)30-17-7-6-15-9-18(10-16(15)8-17)35-11-19(26(27,28)29)31-25(35)38/h6-8,13-14,18-20,22H,2-5,9-11H2,1H3,(H,30,37)(H,31,38)(H,32,36)/t18?,19-,22-/m0/s1. The smallest absolute Gasteiger partial charge is 0.338 e. The van der Waals surface area contributed by atoms with Crippen LogP contribution in [0.3, 0.4) is 0 Å². The van der Waals surface area contributed by atoms with Crippen LogP contribution in [0, 0.1) is 24.7 Å². The van der Waals surface area contributed by atoms with E-state index in [2.05, 4.69) is 25.6 Å². The van der Waals surface area contributed by atoms with Gasteiger partial charge in [-0.05, 0) is 91.6 Å². The molecule has 6 rings (SSSR count). The van der Waals surface area contributed by atoms with Crippen molar-refractivity contribution in [2.45, 2.75) is 69.8 Å². The van der Waals surface area contributed by atoms with Crippen LogP contribution in [0.25, 0.3) is 0 Å². The highest BCUT2D eigenvalue weighted by atomic mass is 19.4.